The van der Waals surface area contributed by atoms with Gasteiger partial charge in [-0.2, -0.15) is 0 Å². The summed E-state index contributed by atoms with van der Waals surface area (Å²) in [6.07, 6.45) is 2.28. The molecule has 0 saturated carbocycles. The lowest BCUT2D eigenvalue weighted by Gasteiger charge is -2.34. The summed E-state index contributed by atoms with van der Waals surface area (Å²) in [5.41, 5.74) is 1.62. The molecule has 1 aliphatic rings. The van der Waals surface area contributed by atoms with Crippen LogP contribution in [0.1, 0.15) is 23.0 Å². The molecule has 7 nitrogen and oxygen atoms in total. The Morgan fingerprint density at radius 1 is 1.04 bits per heavy atom. The first-order valence-corrected chi connectivity index (χ1v) is 8.78. The summed E-state index contributed by atoms with van der Waals surface area (Å²) < 4.78 is 0. The van der Waals surface area contributed by atoms with E-state index >= 15 is 0 Å². The van der Waals surface area contributed by atoms with Gasteiger partial charge >= 0.3 is 0 Å². The number of carbonyl (C=O) groups is 2. The maximum absolute atomic E-state index is 12.6. The lowest BCUT2D eigenvalue weighted by molar-refractivity contribution is -0.130. The van der Waals surface area contributed by atoms with Gasteiger partial charge in [0.25, 0.3) is 5.91 Å². The number of amides is 2. The molecule has 2 amide bonds. The Balaban J connectivity index is 1.55. The summed E-state index contributed by atoms with van der Waals surface area (Å²) in [5.74, 6) is 0.562. The Hall–Kier alpha value is -2.96. The summed E-state index contributed by atoms with van der Waals surface area (Å²) >= 11 is 0. The van der Waals surface area contributed by atoms with Crippen molar-refractivity contribution in [2.75, 3.05) is 38.0 Å². The highest BCUT2D eigenvalue weighted by Crippen LogP contribution is 2.10. The Morgan fingerprint density at radius 3 is 2.42 bits per heavy atom. The van der Waals surface area contributed by atoms with E-state index in [1.807, 2.05) is 18.2 Å². The molecule has 0 aliphatic carbocycles. The second kappa shape index (κ2) is 8.42. The molecule has 2 aromatic rings. The van der Waals surface area contributed by atoms with Gasteiger partial charge in [-0.1, -0.05) is 30.3 Å². The third kappa shape index (κ3) is 4.56. The third-order valence-corrected chi connectivity index (χ3v) is 4.46. The average Bonchev–Trinajstić information content (AvgIpc) is 2.68. The molecule has 1 saturated heterocycles. The van der Waals surface area contributed by atoms with Crippen molar-refractivity contribution in [2.24, 2.45) is 0 Å². The SMILES string of the molecule is CC(=O)N1CCN(C(=O)c2cc(NCCc3ccccc3)ncn2)CC1. The first-order valence-electron chi connectivity index (χ1n) is 8.78. The molecular weight excluding hydrogens is 330 g/mol. The van der Waals surface area contributed by atoms with Crippen LogP contribution in [0.2, 0.25) is 0 Å². The van der Waals surface area contributed by atoms with E-state index in [9.17, 15) is 9.59 Å². The summed E-state index contributed by atoms with van der Waals surface area (Å²) in [6, 6.07) is 11.9. The standard InChI is InChI=1S/C19H23N5O2/c1-15(25)23-9-11-24(12-10-23)19(26)17-13-18(22-14-21-17)20-8-7-16-5-3-2-4-6-16/h2-6,13-14H,7-12H2,1H3,(H,20,21,22). The number of rotatable bonds is 5. The van der Waals surface area contributed by atoms with Gasteiger partial charge in [0.1, 0.15) is 17.8 Å². The van der Waals surface area contributed by atoms with Crippen molar-refractivity contribution < 1.29 is 9.59 Å². The van der Waals surface area contributed by atoms with Crippen LogP contribution in [-0.2, 0) is 11.2 Å². The Labute approximate surface area is 153 Å². The van der Waals surface area contributed by atoms with Crippen LogP contribution in [0.5, 0.6) is 0 Å². The minimum Gasteiger partial charge on any atom is -0.370 e. The summed E-state index contributed by atoms with van der Waals surface area (Å²) in [5, 5.41) is 3.24. The number of nitrogens with one attached hydrogen (secondary N) is 1. The summed E-state index contributed by atoms with van der Waals surface area (Å²) in [6.45, 7) is 4.46. The predicted molar refractivity (Wildman–Crippen MR) is 98.8 cm³/mol. The monoisotopic (exact) mass is 353 g/mol. The van der Waals surface area contributed by atoms with Gasteiger partial charge in [0, 0.05) is 45.7 Å². The lowest BCUT2D eigenvalue weighted by Crippen LogP contribution is -2.50. The number of carbonyl (C=O) groups excluding carboxylic acids is 2. The van der Waals surface area contributed by atoms with Crippen LogP contribution in [0.3, 0.4) is 0 Å². The minimum absolute atomic E-state index is 0.0454. The molecule has 2 heterocycles. The van der Waals surface area contributed by atoms with Crippen LogP contribution in [-0.4, -0.2) is 64.3 Å². The molecule has 26 heavy (non-hydrogen) atoms. The van der Waals surface area contributed by atoms with Gasteiger partial charge in [0.2, 0.25) is 5.91 Å². The fraction of sp³-hybridized carbons (Fsp3) is 0.368. The van der Waals surface area contributed by atoms with Crippen LogP contribution in [0.4, 0.5) is 5.82 Å². The van der Waals surface area contributed by atoms with Gasteiger partial charge in [-0.05, 0) is 12.0 Å². The molecule has 1 fully saturated rings. The average molecular weight is 353 g/mol. The number of benzene rings is 1. The second-order valence-electron chi connectivity index (χ2n) is 6.25. The van der Waals surface area contributed by atoms with Gasteiger partial charge in [0.05, 0.1) is 0 Å². The number of nitrogens with zero attached hydrogens (tertiary/aromatic N) is 4. The van der Waals surface area contributed by atoms with Gasteiger partial charge in [-0.3, -0.25) is 9.59 Å². The van der Waals surface area contributed by atoms with Crippen LogP contribution in [0, 0.1) is 0 Å². The smallest absolute Gasteiger partial charge is 0.272 e. The maximum Gasteiger partial charge on any atom is 0.272 e. The molecule has 7 heteroatoms. The molecule has 0 bridgehead atoms. The van der Waals surface area contributed by atoms with Crippen LogP contribution < -0.4 is 5.32 Å². The highest BCUT2D eigenvalue weighted by Gasteiger charge is 2.24. The van der Waals surface area contributed by atoms with Gasteiger partial charge in [0.15, 0.2) is 0 Å². The van der Waals surface area contributed by atoms with Crippen molar-refractivity contribution in [3.05, 3.63) is 54.0 Å². The minimum atomic E-state index is -0.123. The van der Waals surface area contributed by atoms with Crippen molar-refractivity contribution in [3.8, 4) is 0 Å². The number of aromatic nitrogens is 2. The molecular formula is C19H23N5O2. The summed E-state index contributed by atoms with van der Waals surface area (Å²) in [7, 11) is 0. The van der Waals surface area contributed by atoms with E-state index in [1.165, 1.54) is 11.9 Å². The maximum atomic E-state index is 12.6. The van der Waals surface area contributed by atoms with Gasteiger partial charge in [-0.25, -0.2) is 9.97 Å². The normalized spacial score (nSPS) is 14.2. The highest BCUT2D eigenvalue weighted by atomic mass is 16.2. The molecule has 0 unspecified atom stereocenters. The van der Waals surface area contributed by atoms with Gasteiger partial charge < -0.3 is 15.1 Å². The molecule has 1 aromatic heterocycles. The lowest BCUT2D eigenvalue weighted by atomic mass is 10.1. The number of piperazine rings is 1. The molecule has 1 aliphatic heterocycles. The number of hydrogen-bond acceptors (Lipinski definition) is 5. The van der Waals surface area contributed by atoms with Gasteiger partial charge in [-0.15, -0.1) is 0 Å². The van der Waals surface area contributed by atoms with E-state index in [1.54, 1.807) is 22.8 Å². The highest BCUT2D eigenvalue weighted by molar-refractivity contribution is 5.93. The molecule has 136 valence electrons. The van der Waals surface area contributed by atoms with E-state index in [0.717, 1.165) is 13.0 Å². The van der Waals surface area contributed by atoms with Crippen LogP contribution in [0.15, 0.2) is 42.7 Å². The fourth-order valence-electron chi connectivity index (χ4n) is 2.94. The Bertz CT molecular complexity index is 758. The molecule has 1 aromatic carbocycles. The first kappa shape index (κ1) is 17.8. The fourth-order valence-corrected chi connectivity index (χ4v) is 2.94. The van der Waals surface area contributed by atoms with Crippen molar-refractivity contribution in [3.63, 3.8) is 0 Å². The summed E-state index contributed by atoms with van der Waals surface area (Å²) in [4.78, 5) is 35.8. The van der Waals surface area contributed by atoms with E-state index in [4.69, 9.17) is 0 Å². The molecule has 0 spiro atoms. The Kier molecular flexibility index (Phi) is 5.78. The predicted octanol–water partition coefficient (Wildman–Crippen LogP) is 1.44. The second-order valence-corrected chi connectivity index (χ2v) is 6.25. The van der Waals surface area contributed by atoms with Crippen molar-refractivity contribution in [2.45, 2.75) is 13.3 Å². The quantitative estimate of drug-likeness (QED) is 0.880. The zero-order valence-electron chi connectivity index (χ0n) is 14.9. The molecule has 1 N–H and O–H groups in total. The van der Waals surface area contributed by atoms with Crippen molar-refractivity contribution >= 4 is 17.6 Å². The van der Waals surface area contributed by atoms with Crippen molar-refractivity contribution in [1.82, 2.24) is 19.8 Å². The first-order chi connectivity index (χ1) is 12.6. The van der Waals surface area contributed by atoms with E-state index in [2.05, 4.69) is 27.4 Å². The van der Waals surface area contributed by atoms with Crippen molar-refractivity contribution in [1.29, 1.82) is 0 Å². The Morgan fingerprint density at radius 2 is 1.73 bits per heavy atom. The topological polar surface area (TPSA) is 78.4 Å². The van der Waals surface area contributed by atoms with Crippen LogP contribution >= 0.6 is 0 Å². The van der Waals surface area contributed by atoms with E-state index < -0.39 is 0 Å². The number of hydrogen-bond donors (Lipinski definition) is 1. The number of anilines is 1. The molecule has 0 atom stereocenters. The van der Waals surface area contributed by atoms with E-state index in [0.29, 0.717) is 37.7 Å². The largest absolute Gasteiger partial charge is 0.370 e. The van der Waals surface area contributed by atoms with E-state index in [-0.39, 0.29) is 11.8 Å². The van der Waals surface area contributed by atoms with Crippen LogP contribution in [0.25, 0.3) is 0 Å². The molecule has 0 radical (unpaired) electrons. The zero-order valence-corrected chi connectivity index (χ0v) is 14.9. The zero-order chi connectivity index (χ0) is 18.4. The third-order valence-electron chi connectivity index (χ3n) is 4.46. The molecule has 3 rings (SSSR count).